The van der Waals surface area contributed by atoms with E-state index in [1.807, 2.05) is 0 Å². The van der Waals surface area contributed by atoms with Crippen LogP contribution in [0.15, 0.2) is 42.5 Å². The van der Waals surface area contributed by atoms with E-state index in [9.17, 15) is 0 Å². The number of aromatic nitrogens is 1. The largest absolute Gasteiger partial charge is 0.378 e. The Morgan fingerprint density at radius 1 is 1.00 bits per heavy atom. The molecule has 1 aromatic heterocycles. The highest BCUT2D eigenvalue weighted by Crippen LogP contribution is 2.34. The number of ether oxygens (including phenoxy) is 1. The van der Waals surface area contributed by atoms with Crippen LogP contribution in [0.25, 0.3) is 0 Å². The molecule has 4 heteroatoms. The minimum Gasteiger partial charge on any atom is -0.378 e. The molecule has 4 nitrogen and oxygen atoms in total. The lowest BCUT2D eigenvalue weighted by atomic mass is 9.93. The van der Waals surface area contributed by atoms with Crippen molar-refractivity contribution in [3.05, 3.63) is 59.3 Å². The molecular weight excluding hydrogens is 322 g/mol. The molecule has 0 bridgehead atoms. The molecule has 1 aromatic carbocycles. The topological polar surface area (TPSA) is 28.6 Å². The molecule has 0 unspecified atom stereocenters. The number of piperidine rings is 1. The molecule has 1 atom stereocenters. The van der Waals surface area contributed by atoms with Crippen LogP contribution >= 0.6 is 0 Å². The van der Waals surface area contributed by atoms with E-state index in [2.05, 4.69) is 59.2 Å². The van der Waals surface area contributed by atoms with E-state index < -0.39 is 0 Å². The number of likely N-dealkylation sites (tertiary alicyclic amines) is 1. The Morgan fingerprint density at radius 2 is 1.81 bits per heavy atom. The van der Waals surface area contributed by atoms with E-state index in [0.29, 0.717) is 6.04 Å². The van der Waals surface area contributed by atoms with Gasteiger partial charge in [0.2, 0.25) is 0 Å². The zero-order chi connectivity index (χ0) is 17.8. The molecule has 4 rings (SSSR count). The Labute approximate surface area is 156 Å². The van der Waals surface area contributed by atoms with Gasteiger partial charge in [-0.2, -0.15) is 0 Å². The van der Waals surface area contributed by atoms with Gasteiger partial charge in [-0.1, -0.05) is 42.8 Å². The van der Waals surface area contributed by atoms with Crippen LogP contribution in [0.2, 0.25) is 0 Å². The quantitative estimate of drug-likeness (QED) is 0.834. The average Bonchev–Trinajstić information content (AvgIpc) is 2.70. The van der Waals surface area contributed by atoms with Gasteiger partial charge >= 0.3 is 0 Å². The van der Waals surface area contributed by atoms with Gasteiger partial charge in [-0.15, -0.1) is 0 Å². The van der Waals surface area contributed by atoms with Crippen molar-refractivity contribution in [3.8, 4) is 0 Å². The zero-order valence-electron chi connectivity index (χ0n) is 15.7. The second-order valence-electron chi connectivity index (χ2n) is 7.41. The fourth-order valence-electron chi connectivity index (χ4n) is 4.23. The van der Waals surface area contributed by atoms with E-state index in [4.69, 9.17) is 9.72 Å². The van der Waals surface area contributed by atoms with Crippen molar-refractivity contribution in [1.29, 1.82) is 0 Å². The summed E-state index contributed by atoms with van der Waals surface area (Å²) in [5.74, 6) is 1.10. The highest BCUT2D eigenvalue weighted by atomic mass is 16.5. The summed E-state index contributed by atoms with van der Waals surface area (Å²) in [6.45, 7) is 7.85. The number of morpholine rings is 1. The van der Waals surface area contributed by atoms with E-state index in [-0.39, 0.29) is 0 Å². The summed E-state index contributed by atoms with van der Waals surface area (Å²) >= 11 is 0. The van der Waals surface area contributed by atoms with Crippen LogP contribution in [-0.2, 0) is 11.3 Å². The Bertz CT molecular complexity index is 713. The first-order valence-electron chi connectivity index (χ1n) is 9.89. The SMILES string of the molecule is Cc1nc(N2CCOCC2)ccc1[C@H]1CCCCN1Cc1ccccc1. The molecule has 0 amide bonds. The lowest BCUT2D eigenvalue weighted by molar-refractivity contribution is 0.122. The first-order chi connectivity index (χ1) is 12.8. The molecule has 2 aromatic rings. The third kappa shape index (κ3) is 3.92. The van der Waals surface area contributed by atoms with Crippen LogP contribution in [0.4, 0.5) is 5.82 Å². The maximum atomic E-state index is 5.46. The lowest BCUT2D eigenvalue weighted by Gasteiger charge is -2.37. The summed E-state index contributed by atoms with van der Waals surface area (Å²) in [5.41, 5.74) is 3.98. The second kappa shape index (κ2) is 8.19. The number of benzene rings is 1. The molecule has 2 saturated heterocycles. The Hall–Kier alpha value is -1.91. The molecule has 138 valence electrons. The number of nitrogens with zero attached hydrogens (tertiary/aromatic N) is 3. The van der Waals surface area contributed by atoms with Crippen LogP contribution in [0.5, 0.6) is 0 Å². The van der Waals surface area contributed by atoms with Crippen molar-refractivity contribution in [2.24, 2.45) is 0 Å². The van der Waals surface area contributed by atoms with E-state index in [0.717, 1.165) is 38.7 Å². The average molecular weight is 351 g/mol. The second-order valence-corrected chi connectivity index (χ2v) is 7.41. The molecule has 0 saturated carbocycles. The Balaban J connectivity index is 1.54. The third-order valence-corrected chi connectivity index (χ3v) is 5.65. The van der Waals surface area contributed by atoms with Crippen molar-refractivity contribution in [3.63, 3.8) is 0 Å². The normalized spacial score (nSPS) is 21.7. The van der Waals surface area contributed by atoms with Crippen molar-refractivity contribution < 1.29 is 4.74 Å². The van der Waals surface area contributed by atoms with Gasteiger partial charge in [0, 0.05) is 31.4 Å². The molecule has 0 aliphatic carbocycles. The summed E-state index contributed by atoms with van der Waals surface area (Å²) in [6.07, 6.45) is 3.83. The monoisotopic (exact) mass is 351 g/mol. The number of hydrogen-bond acceptors (Lipinski definition) is 4. The number of anilines is 1. The Morgan fingerprint density at radius 3 is 2.58 bits per heavy atom. The van der Waals surface area contributed by atoms with Crippen LogP contribution < -0.4 is 4.90 Å². The third-order valence-electron chi connectivity index (χ3n) is 5.65. The van der Waals surface area contributed by atoms with Crippen LogP contribution in [0.3, 0.4) is 0 Å². The lowest BCUT2D eigenvalue weighted by Crippen LogP contribution is -2.37. The standard InChI is InChI=1S/C22H29N3O/c1-18-20(10-11-22(23-18)24-13-15-26-16-14-24)21-9-5-6-12-25(21)17-19-7-3-2-4-8-19/h2-4,7-8,10-11,21H,5-6,9,12-17H2,1H3/t21-/m1/s1. The predicted octanol–water partition coefficient (Wildman–Crippen LogP) is 3.95. The summed E-state index contributed by atoms with van der Waals surface area (Å²) < 4.78 is 5.46. The van der Waals surface area contributed by atoms with E-state index >= 15 is 0 Å². The number of rotatable bonds is 4. The summed E-state index contributed by atoms with van der Waals surface area (Å²) in [5, 5.41) is 0. The van der Waals surface area contributed by atoms with E-state index in [1.54, 1.807) is 0 Å². The molecule has 2 fully saturated rings. The van der Waals surface area contributed by atoms with Gasteiger partial charge < -0.3 is 9.64 Å². The van der Waals surface area contributed by atoms with Crippen LogP contribution in [0, 0.1) is 6.92 Å². The minimum atomic E-state index is 0.482. The van der Waals surface area contributed by atoms with Gasteiger partial charge in [0.25, 0.3) is 0 Å². The van der Waals surface area contributed by atoms with Gasteiger partial charge in [-0.3, -0.25) is 4.90 Å². The molecular formula is C22H29N3O. The predicted molar refractivity (Wildman–Crippen MR) is 105 cm³/mol. The molecule has 0 radical (unpaired) electrons. The van der Waals surface area contributed by atoms with Crippen LogP contribution in [0.1, 0.15) is 42.1 Å². The van der Waals surface area contributed by atoms with Crippen LogP contribution in [-0.4, -0.2) is 42.7 Å². The van der Waals surface area contributed by atoms with Gasteiger partial charge in [0.1, 0.15) is 5.82 Å². The molecule has 2 aliphatic heterocycles. The fourth-order valence-corrected chi connectivity index (χ4v) is 4.23. The van der Waals surface area contributed by atoms with Crippen molar-refractivity contribution >= 4 is 5.82 Å². The molecule has 0 spiro atoms. The zero-order valence-corrected chi connectivity index (χ0v) is 15.7. The minimum absolute atomic E-state index is 0.482. The molecule has 0 N–H and O–H groups in total. The first-order valence-corrected chi connectivity index (χ1v) is 9.89. The Kier molecular flexibility index (Phi) is 5.51. The highest BCUT2D eigenvalue weighted by Gasteiger charge is 2.26. The maximum Gasteiger partial charge on any atom is 0.128 e. The maximum absolute atomic E-state index is 5.46. The van der Waals surface area contributed by atoms with Gasteiger partial charge in [0.15, 0.2) is 0 Å². The summed E-state index contributed by atoms with van der Waals surface area (Å²) in [4.78, 5) is 9.93. The number of hydrogen-bond donors (Lipinski definition) is 0. The molecule has 3 heterocycles. The highest BCUT2D eigenvalue weighted by molar-refractivity contribution is 5.43. The van der Waals surface area contributed by atoms with Crippen molar-refractivity contribution in [1.82, 2.24) is 9.88 Å². The van der Waals surface area contributed by atoms with Crippen molar-refractivity contribution in [2.75, 3.05) is 37.7 Å². The summed E-state index contributed by atoms with van der Waals surface area (Å²) in [6, 6.07) is 15.8. The molecule has 26 heavy (non-hydrogen) atoms. The number of pyridine rings is 1. The van der Waals surface area contributed by atoms with E-state index in [1.165, 1.54) is 42.6 Å². The van der Waals surface area contributed by atoms with Crippen molar-refractivity contribution in [2.45, 2.75) is 38.8 Å². The first kappa shape index (κ1) is 17.5. The fraction of sp³-hybridized carbons (Fsp3) is 0.500. The summed E-state index contributed by atoms with van der Waals surface area (Å²) in [7, 11) is 0. The molecule has 2 aliphatic rings. The van der Waals surface area contributed by atoms with Gasteiger partial charge in [-0.05, 0) is 43.5 Å². The number of aryl methyl sites for hydroxylation is 1. The van der Waals surface area contributed by atoms with Gasteiger partial charge in [-0.25, -0.2) is 4.98 Å². The smallest absolute Gasteiger partial charge is 0.128 e. The van der Waals surface area contributed by atoms with Gasteiger partial charge in [0.05, 0.1) is 13.2 Å².